The Hall–Kier alpha value is -1.71. The van der Waals surface area contributed by atoms with E-state index in [-0.39, 0.29) is 22.2 Å². The number of anilines is 3. The molecule has 0 aliphatic carbocycles. The van der Waals surface area contributed by atoms with Gasteiger partial charge in [0.1, 0.15) is 0 Å². The first kappa shape index (κ1) is 36.8. The summed E-state index contributed by atoms with van der Waals surface area (Å²) in [6, 6.07) is 0.709. The lowest BCUT2D eigenvalue weighted by molar-refractivity contribution is 0.157. The molecule has 0 unspecified atom stereocenters. The minimum atomic E-state index is 0.0385. The smallest absolute Gasteiger partial charge is 0.232 e. The van der Waals surface area contributed by atoms with Crippen molar-refractivity contribution < 1.29 is 0 Å². The van der Waals surface area contributed by atoms with Crippen molar-refractivity contribution in [3.8, 4) is 0 Å². The number of nitrogens with zero attached hydrogens (tertiary/aromatic N) is 5. The van der Waals surface area contributed by atoms with Gasteiger partial charge in [0.25, 0.3) is 0 Å². The molecule has 3 rings (SSSR count). The van der Waals surface area contributed by atoms with Gasteiger partial charge in [-0.05, 0) is 113 Å². The number of aromatic nitrogens is 3. The highest BCUT2D eigenvalue weighted by Gasteiger charge is 2.42. The highest BCUT2D eigenvalue weighted by Crippen LogP contribution is 2.36. The molecule has 0 atom stereocenters. The Morgan fingerprint density at radius 1 is 0.636 bits per heavy atom. The van der Waals surface area contributed by atoms with Crippen molar-refractivity contribution in [2.75, 3.05) is 41.3 Å². The molecule has 44 heavy (non-hydrogen) atoms. The molecule has 0 radical (unpaired) electrons. The topological polar surface area (TPSA) is 107 Å². The van der Waals surface area contributed by atoms with Crippen LogP contribution in [-0.2, 0) is 0 Å². The molecule has 3 heterocycles. The van der Waals surface area contributed by atoms with Crippen molar-refractivity contribution in [3.63, 3.8) is 0 Å². The lowest BCUT2D eigenvalue weighted by Gasteiger charge is -2.50. The third-order valence-corrected chi connectivity index (χ3v) is 9.26. The number of nitrogens with two attached hydrogens (primary N) is 1. The Morgan fingerprint density at radius 3 is 1.43 bits per heavy atom. The molecule has 2 saturated heterocycles. The van der Waals surface area contributed by atoms with E-state index in [1.165, 1.54) is 12.8 Å². The second-order valence-electron chi connectivity index (χ2n) is 16.4. The van der Waals surface area contributed by atoms with Crippen LogP contribution < -0.4 is 31.5 Å². The van der Waals surface area contributed by atoms with Gasteiger partial charge in [0, 0.05) is 53.9 Å². The summed E-state index contributed by atoms with van der Waals surface area (Å²) < 4.78 is 0. The van der Waals surface area contributed by atoms with Crippen LogP contribution in [0.3, 0.4) is 0 Å². The molecule has 2 fully saturated rings. The zero-order valence-corrected chi connectivity index (χ0v) is 30.3. The first-order valence-corrected chi connectivity index (χ1v) is 17.9. The first-order valence-electron chi connectivity index (χ1n) is 17.9. The third kappa shape index (κ3) is 11.3. The van der Waals surface area contributed by atoms with Gasteiger partial charge in [-0.3, -0.25) is 0 Å². The molecule has 9 heteroatoms. The quantitative estimate of drug-likeness (QED) is 0.144. The molecule has 1 aromatic rings. The Balaban J connectivity index is 2.05. The summed E-state index contributed by atoms with van der Waals surface area (Å²) in [4.78, 5) is 20.8. The van der Waals surface area contributed by atoms with Crippen LogP contribution in [0.4, 0.5) is 17.8 Å². The maximum Gasteiger partial charge on any atom is 0.232 e. The number of rotatable bonds is 17. The van der Waals surface area contributed by atoms with Crippen LogP contribution in [0.2, 0.25) is 0 Å². The Bertz CT molecular complexity index is 906. The number of unbranched alkanes of at least 4 members (excludes halogenated alkanes) is 5. The van der Waals surface area contributed by atoms with Crippen molar-refractivity contribution in [1.82, 2.24) is 25.6 Å². The second kappa shape index (κ2) is 15.7. The van der Waals surface area contributed by atoms with Crippen molar-refractivity contribution >= 4 is 17.8 Å². The third-order valence-electron chi connectivity index (χ3n) is 9.26. The van der Waals surface area contributed by atoms with E-state index in [9.17, 15) is 0 Å². The van der Waals surface area contributed by atoms with Crippen molar-refractivity contribution in [1.29, 1.82) is 0 Å². The van der Waals surface area contributed by atoms with Gasteiger partial charge in [0.2, 0.25) is 17.8 Å². The van der Waals surface area contributed by atoms with Crippen molar-refractivity contribution in [3.05, 3.63) is 0 Å². The average Bonchev–Trinajstić information content (AvgIpc) is 2.87. The molecule has 2 aliphatic rings. The van der Waals surface area contributed by atoms with Crippen LogP contribution in [0.15, 0.2) is 0 Å². The van der Waals surface area contributed by atoms with Crippen LogP contribution in [0.1, 0.15) is 146 Å². The Kier molecular flexibility index (Phi) is 13.1. The molecule has 0 spiro atoms. The number of piperidine rings is 2. The number of hydrogen-bond donors (Lipinski definition) is 4. The molecule has 0 bridgehead atoms. The van der Waals surface area contributed by atoms with Gasteiger partial charge in [0.15, 0.2) is 0 Å². The number of nitrogens with one attached hydrogen (secondary N) is 3. The predicted octanol–water partition coefficient (Wildman–Crippen LogP) is 6.63. The molecule has 0 aromatic carbocycles. The minimum Gasteiger partial charge on any atom is -0.354 e. The molecule has 1 aromatic heterocycles. The van der Waals surface area contributed by atoms with E-state index in [1.807, 2.05) is 0 Å². The van der Waals surface area contributed by atoms with Gasteiger partial charge in [-0.25, -0.2) is 0 Å². The summed E-state index contributed by atoms with van der Waals surface area (Å²) in [7, 11) is 0. The van der Waals surface area contributed by atoms with E-state index in [0.29, 0.717) is 18.0 Å². The highest BCUT2D eigenvalue weighted by atomic mass is 15.4. The van der Waals surface area contributed by atoms with E-state index < -0.39 is 0 Å². The summed E-state index contributed by atoms with van der Waals surface area (Å²) in [6.07, 6.45) is 13.3. The minimum absolute atomic E-state index is 0.0385. The standard InChI is InChI=1S/C35H69N9/c1-11-13-21-43(27-23-32(3,4)41-33(5,6)24-27)30-38-29(37-20-18-16-15-17-19-36)39-31(40-30)44(22-14-12-2)28-25-34(7,8)42-35(9,10)26-28/h27-28,41-42H,11-26,36H2,1-10H3,(H,37,38,39,40). The van der Waals surface area contributed by atoms with Crippen molar-refractivity contribution in [2.24, 2.45) is 5.73 Å². The summed E-state index contributed by atoms with van der Waals surface area (Å²) in [5, 5.41) is 11.4. The summed E-state index contributed by atoms with van der Waals surface area (Å²) in [5.41, 5.74) is 5.88. The fraction of sp³-hybridized carbons (Fsp3) is 0.914. The van der Waals surface area contributed by atoms with Gasteiger partial charge >= 0.3 is 0 Å². The van der Waals surface area contributed by atoms with Crippen LogP contribution in [-0.4, -0.2) is 75.4 Å². The van der Waals surface area contributed by atoms with E-state index in [1.54, 1.807) is 0 Å². The average molecular weight is 616 g/mol. The first-order chi connectivity index (χ1) is 20.6. The molecule has 9 nitrogen and oxygen atoms in total. The fourth-order valence-electron chi connectivity index (χ4n) is 8.04. The lowest BCUT2D eigenvalue weighted by Crippen LogP contribution is -2.63. The number of hydrogen-bond acceptors (Lipinski definition) is 9. The SMILES string of the molecule is CCCCN(c1nc(NCCCCCCN)nc(N(CCCC)C2CC(C)(C)NC(C)(C)C2)n1)C1CC(C)(C)NC(C)(C)C1. The summed E-state index contributed by atoms with van der Waals surface area (Å²) in [6.45, 7) is 26.8. The molecular formula is C35H69N9. The zero-order valence-electron chi connectivity index (χ0n) is 30.3. The lowest BCUT2D eigenvalue weighted by atomic mass is 9.79. The van der Waals surface area contributed by atoms with E-state index in [2.05, 4.69) is 95.0 Å². The van der Waals surface area contributed by atoms with Crippen LogP contribution in [0, 0.1) is 0 Å². The van der Waals surface area contributed by atoms with Gasteiger partial charge in [-0.15, -0.1) is 0 Å². The van der Waals surface area contributed by atoms with Crippen LogP contribution in [0.5, 0.6) is 0 Å². The van der Waals surface area contributed by atoms with E-state index >= 15 is 0 Å². The van der Waals surface area contributed by atoms with Gasteiger partial charge in [-0.1, -0.05) is 39.5 Å². The zero-order chi connectivity index (χ0) is 32.6. The summed E-state index contributed by atoms with van der Waals surface area (Å²) >= 11 is 0. The summed E-state index contributed by atoms with van der Waals surface area (Å²) in [5.74, 6) is 2.38. The largest absolute Gasteiger partial charge is 0.354 e. The van der Waals surface area contributed by atoms with E-state index in [0.717, 1.165) is 102 Å². The van der Waals surface area contributed by atoms with Crippen molar-refractivity contribution in [2.45, 2.75) is 181 Å². The molecule has 0 amide bonds. The maximum absolute atomic E-state index is 5.72. The predicted molar refractivity (Wildman–Crippen MR) is 189 cm³/mol. The molecule has 254 valence electrons. The van der Waals surface area contributed by atoms with E-state index in [4.69, 9.17) is 20.7 Å². The highest BCUT2D eigenvalue weighted by molar-refractivity contribution is 5.47. The monoisotopic (exact) mass is 616 g/mol. The molecule has 5 N–H and O–H groups in total. The van der Waals surface area contributed by atoms with Gasteiger partial charge in [-0.2, -0.15) is 15.0 Å². The fourth-order valence-corrected chi connectivity index (χ4v) is 8.04. The van der Waals surface area contributed by atoms with Crippen LogP contribution >= 0.6 is 0 Å². The normalized spacial score (nSPS) is 21.2. The van der Waals surface area contributed by atoms with Crippen LogP contribution in [0.25, 0.3) is 0 Å². The van der Waals surface area contributed by atoms with Gasteiger partial charge in [0.05, 0.1) is 0 Å². The van der Waals surface area contributed by atoms with Gasteiger partial charge < -0.3 is 31.5 Å². The molecule has 2 aliphatic heterocycles. The maximum atomic E-state index is 5.72. The molecule has 0 saturated carbocycles. The Labute approximate surface area is 270 Å². The second-order valence-corrected chi connectivity index (χ2v) is 16.4. The molecular weight excluding hydrogens is 546 g/mol. The Morgan fingerprint density at radius 2 is 1.05 bits per heavy atom.